The van der Waals surface area contributed by atoms with E-state index >= 15 is 0 Å². The first-order valence-electron chi connectivity index (χ1n) is 7.33. The van der Waals surface area contributed by atoms with Crippen molar-refractivity contribution < 1.29 is 9.84 Å². The minimum Gasteiger partial charge on any atom is -0.494 e. The fourth-order valence-corrected chi connectivity index (χ4v) is 2.42. The van der Waals surface area contributed by atoms with Gasteiger partial charge in [-0.05, 0) is 37.1 Å². The Morgan fingerprint density at radius 3 is 2.10 bits per heavy atom. The average molecular weight is 285 g/mol. The van der Waals surface area contributed by atoms with Crippen LogP contribution in [0, 0.1) is 6.92 Å². The zero-order valence-electron chi connectivity index (χ0n) is 12.6. The van der Waals surface area contributed by atoms with Crippen molar-refractivity contribution in [2.45, 2.75) is 25.9 Å². The molecule has 0 aromatic heterocycles. The van der Waals surface area contributed by atoms with E-state index in [1.165, 1.54) is 5.56 Å². The van der Waals surface area contributed by atoms with E-state index in [4.69, 9.17) is 10.5 Å². The first kappa shape index (κ1) is 15.5. The lowest BCUT2D eigenvalue weighted by Crippen LogP contribution is -2.20. The van der Waals surface area contributed by atoms with Crippen molar-refractivity contribution in [1.29, 1.82) is 0 Å². The summed E-state index contributed by atoms with van der Waals surface area (Å²) in [6.45, 7) is 5.03. The molecule has 0 saturated heterocycles. The normalized spacial score (nSPS) is 13.7. The standard InChI is InChI=1S/C18H23NO2/c1-3-21-16-10-8-15(9-11-16)18(20)17(12-19)14-6-4-13(2)5-7-14/h4-11,17-18,20H,3,12,19H2,1-2H3. The molecule has 0 aliphatic rings. The maximum absolute atomic E-state index is 10.6. The molecule has 3 heteroatoms. The van der Waals surface area contributed by atoms with E-state index in [1.807, 2.05) is 62.4 Å². The lowest BCUT2D eigenvalue weighted by Gasteiger charge is -2.22. The van der Waals surface area contributed by atoms with Crippen LogP contribution in [0.25, 0.3) is 0 Å². The van der Waals surface area contributed by atoms with Crippen molar-refractivity contribution in [2.24, 2.45) is 5.73 Å². The number of ether oxygens (including phenoxy) is 1. The monoisotopic (exact) mass is 285 g/mol. The molecule has 112 valence electrons. The van der Waals surface area contributed by atoms with E-state index < -0.39 is 6.10 Å². The van der Waals surface area contributed by atoms with Crippen molar-refractivity contribution in [3.63, 3.8) is 0 Å². The molecular weight excluding hydrogens is 262 g/mol. The summed E-state index contributed by atoms with van der Waals surface area (Å²) in [7, 11) is 0. The van der Waals surface area contributed by atoms with Gasteiger partial charge in [-0.15, -0.1) is 0 Å². The van der Waals surface area contributed by atoms with Gasteiger partial charge in [-0.2, -0.15) is 0 Å². The molecule has 0 heterocycles. The number of rotatable bonds is 6. The number of aliphatic hydroxyl groups is 1. The second-order valence-corrected chi connectivity index (χ2v) is 5.20. The molecule has 2 rings (SSSR count). The van der Waals surface area contributed by atoms with Gasteiger partial charge in [0.1, 0.15) is 5.75 Å². The van der Waals surface area contributed by atoms with Gasteiger partial charge in [-0.25, -0.2) is 0 Å². The van der Waals surface area contributed by atoms with E-state index in [1.54, 1.807) is 0 Å². The Morgan fingerprint density at radius 2 is 1.57 bits per heavy atom. The molecule has 2 aromatic rings. The van der Waals surface area contributed by atoms with E-state index in [0.29, 0.717) is 13.2 Å². The maximum atomic E-state index is 10.6. The number of benzene rings is 2. The molecule has 0 saturated carbocycles. The highest BCUT2D eigenvalue weighted by molar-refractivity contribution is 5.32. The summed E-state index contributed by atoms with van der Waals surface area (Å²) < 4.78 is 5.42. The van der Waals surface area contributed by atoms with Gasteiger partial charge < -0.3 is 15.6 Å². The van der Waals surface area contributed by atoms with E-state index in [9.17, 15) is 5.11 Å². The number of hydrogen-bond donors (Lipinski definition) is 2. The zero-order chi connectivity index (χ0) is 15.2. The van der Waals surface area contributed by atoms with E-state index in [0.717, 1.165) is 16.9 Å². The highest BCUT2D eigenvalue weighted by atomic mass is 16.5. The quantitative estimate of drug-likeness (QED) is 0.857. The number of nitrogens with two attached hydrogens (primary N) is 1. The fraction of sp³-hybridized carbons (Fsp3) is 0.333. The van der Waals surface area contributed by atoms with E-state index in [2.05, 4.69) is 0 Å². The Balaban J connectivity index is 2.19. The van der Waals surface area contributed by atoms with Crippen molar-refractivity contribution >= 4 is 0 Å². The largest absolute Gasteiger partial charge is 0.494 e. The Bertz CT molecular complexity index is 548. The van der Waals surface area contributed by atoms with Gasteiger partial charge in [-0.1, -0.05) is 42.0 Å². The molecule has 0 radical (unpaired) electrons. The molecule has 2 atom stereocenters. The fourth-order valence-electron chi connectivity index (χ4n) is 2.42. The van der Waals surface area contributed by atoms with Gasteiger partial charge >= 0.3 is 0 Å². The lowest BCUT2D eigenvalue weighted by molar-refractivity contribution is 0.147. The summed E-state index contributed by atoms with van der Waals surface area (Å²) in [5, 5.41) is 10.6. The summed E-state index contributed by atoms with van der Waals surface area (Å²) >= 11 is 0. The van der Waals surface area contributed by atoms with Crippen LogP contribution in [0.5, 0.6) is 5.75 Å². The molecule has 3 nitrogen and oxygen atoms in total. The van der Waals surface area contributed by atoms with Gasteiger partial charge in [0, 0.05) is 12.5 Å². The molecule has 0 spiro atoms. The van der Waals surface area contributed by atoms with Crippen LogP contribution in [0.2, 0.25) is 0 Å². The molecule has 3 N–H and O–H groups in total. The number of hydrogen-bond acceptors (Lipinski definition) is 3. The molecular formula is C18H23NO2. The van der Waals surface area contributed by atoms with Crippen LogP contribution >= 0.6 is 0 Å². The molecule has 0 bridgehead atoms. The molecule has 0 aliphatic carbocycles. The summed E-state index contributed by atoms with van der Waals surface area (Å²) in [6.07, 6.45) is -0.617. The van der Waals surface area contributed by atoms with E-state index in [-0.39, 0.29) is 5.92 Å². The SMILES string of the molecule is CCOc1ccc(C(O)C(CN)c2ccc(C)cc2)cc1. The van der Waals surface area contributed by atoms with Crippen LogP contribution in [0.15, 0.2) is 48.5 Å². The molecule has 0 fully saturated rings. The predicted molar refractivity (Wildman–Crippen MR) is 85.5 cm³/mol. The van der Waals surface area contributed by atoms with Crippen LogP contribution in [0.1, 0.15) is 35.6 Å². The number of aliphatic hydroxyl groups excluding tert-OH is 1. The van der Waals surface area contributed by atoms with Crippen LogP contribution in [-0.4, -0.2) is 18.3 Å². The van der Waals surface area contributed by atoms with Crippen molar-refractivity contribution in [3.05, 3.63) is 65.2 Å². The summed E-state index contributed by atoms with van der Waals surface area (Å²) in [4.78, 5) is 0. The zero-order valence-corrected chi connectivity index (χ0v) is 12.6. The topological polar surface area (TPSA) is 55.5 Å². The summed E-state index contributed by atoms with van der Waals surface area (Å²) in [6, 6.07) is 15.7. The first-order valence-corrected chi connectivity index (χ1v) is 7.33. The van der Waals surface area contributed by atoms with Crippen LogP contribution in [0.3, 0.4) is 0 Å². The predicted octanol–water partition coefficient (Wildman–Crippen LogP) is 3.17. The third kappa shape index (κ3) is 3.84. The highest BCUT2D eigenvalue weighted by Crippen LogP contribution is 2.31. The van der Waals surface area contributed by atoms with Crippen molar-refractivity contribution in [1.82, 2.24) is 0 Å². The molecule has 2 unspecified atom stereocenters. The Kier molecular flexibility index (Phi) is 5.37. The van der Waals surface area contributed by atoms with Gasteiger partial charge in [0.15, 0.2) is 0 Å². The van der Waals surface area contributed by atoms with Gasteiger partial charge in [-0.3, -0.25) is 0 Å². The summed E-state index contributed by atoms with van der Waals surface area (Å²) in [5.41, 5.74) is 8.99. The van der Waals surface area contributed by atoms with Gasteiger partial charge in [0.2, 0.25) is 0 Å². The molecule has 0 aliphatic heterocycles. The molecule has 2 aromatic carbocycles. The average Bonchev–Trinajstić information content (AvgIpc) is 2.51. The maximum Gasteiger partial charge on any atom is 0.119 e. The third-order valence-corrected chi connectivity index (χ3v) is 3.67. The second-order valence-electron chi connectivity index (χ2n) is 5.20. The highest BCUT2D eigenvalue weighted by Gasteiger charge is 2.21. The van der Waals surface area contributed by atoms with Crippen LogP contribution in [0.4, 0.5) is 0 Å². The molecule has 0 amide bonds. The Hall–Kier alpha value is -1.84. The van der Waals surface area contributed by atoms with Crippen molar-refractivity contribution in [3.8, 4) is 5.75 Å². The van der Waals surface area contributed by atoms with Crippen LogP contribution in [-0.2, 0) is 0 Å². The minimum absolute atomic E-state index is 0.108. The molecule has 21 heavy (non-hydrogen) atoms. The van der Waals surface area contributed by atoms with Gasteiger partial charge in [0.25, 0.3) is 0 Å². The first-order chi connectivity index (χ1) is 10.2. The minimum atomic E-state index is -0.617. The second kappa shape index (κ2) is 7.25. The van der Waals surface area contributed by atoms with Gasteiger partial charge in [0.05, 0.1) is 12.7 Å². The smallest absolute Gasteiger partial charge is 0.119 e. The van der Waals surface area contributed by atoms with Crippen LogP contribution < -0.4 is 10.5 Å². The number of aryl methyl sites for hydroxylation is 1. The Labute approximate surface area is 126 Å². The summed E-state index contributed by atoms with van der Waals surface area (Å²) in [5.74, 6) is 0.705. The Morgan fingerprint density at radius 1 is 1.00 bits per heavy atom. The third-order valence-electron chi connectivity index (χ3n) is 3.67. The lowest BCUT2D eigenvalue weighted by atomic mass is 9.89. The van der Waals surface area contributed by atoms with Crippen molar-refractivity contribution in [2.75, 3.05) is 13.2 Å².